The highest BCUT2D eigenvalue weighted by molar-refractivity contribution is 7.98. The molecule has 1 amide bonds. The summed E-state index contributed by atoms with van der Waals surface area (Å²) in [7, 11) is 0. The van der Waals surface area contributed by atoms with Gasteiger partial charge >= 0.3 is 12.1 Å². The standard InChI is InChI=1S/C23H23ClN2O5S/c1-14-21(25-23(29)30-15(2)18-5-3-4-6-19(18)24)22(31-26-14)17-9-7-16(8-10-17)13-32-12-11-20(27)28/h3-10,15H,11-13H2,1-2H3,(H,25,29)(H,27,28)/t15-/m1/s1. The van der Waals surface area contributed by atoms with Gasteiger partial charge in [-0.15, -0.1) is 0 Å². The number of thioether (sulfide) groups is 1. The fourth-order valence-corrected chi connectivity index (χ4v) is 4.16. The summed E-state index contributed by atoms with van der Waals surface area (Å²) in [5.41, 5.74) is 3.48. The summed E-state index contributed by atoms with van der Waals surface area (Å²) in [6.07, 6.45) is -1.04. The van der Waals surface area contributed by atoms with E-state index >= 15 is 0 Å². The lowest BCUT2D eigenvalue weighted by Gasteiger charge is -2.15. The minimum Gasteiger partial charge on any atom is -0.481 e. The zero-order valence-corrected chi connectivity index (χ0v) is 19.2. The second-order valence-electron chi connectivity index (χ2n) is 7.06. The predicted octanol–water partition coefficient (Wildman–Crippen LogP) is 6.32. The van der Waals surface area contributed by atoms with Gasteiger partial charge in [0.1, 0.15) is 17.5 Å². The Balaban J connectivity index is 1.65. The highest BCUT2D eigenvalue weighted by Gasteiger charge is 2.20. The number of nitrogens with zero attached hydrogens (tertiary/aromatic N) is 1. The highest BCUT2D eigenvalue weighted by Crippen LogP contribution is 2.32. The van der Waals surface area contributed by atoms with Crippen molar-refractivity contribution in [2.24, 2.45) is 0 Å². The molecule has 2 N–H and O–H groups in total. The number of hydrogen-bond donors (Lipinski definition) is 2. The number of carbonyl (C=O) groups is 2. The molecular formula is C23H23ClN2O5S. The predicted molar refractivity (Wildman–Crippen MR) is 125 cm³/mol. The lowest BCUT2D eigenvalue weighted by Crippen LogP contribution is -2.17. The maximum Gasteiger partial charge on any atom is 0.412 e. The van der Waals surface area contributed by atoms with Crippen molar-refractivity contribution < 1.29 is 24.0 Å². The fraction of sp³-hybridized carbons (Fsp3) is 0.261. The number of carboxylic acids is 1. The van der Waals surface area contributed by atoms with E-state index in [0.717, 1.165) is 11.1 Å². The van der Waals surface area contributed by atoms with Crippen LogP contribution in [0.25, 0.3) is 11.3 Å². The molecule has 1 atom stereocenters. The third-order valence-electron chi connectivity index (χ3n) is 4.66. The van der Waals surface area contributed by atoms with Gasteiger partial charge in [-0.1, -0.05) is 59.2 Å². The first-order valence-electron chi connectivity index (χ1n) is 9.92. The highest BCUT2D eigenvalue weighted by atomic mass is 35.5. The number of amides is 1. The number of aliphatic carboxylic acids is 1. The van der Waals surface area contributed by atoms with Gasteiger partial charge in [0, 0.05) is 27.7 Å². The van der Waals surface area contributed by atoms with Crippen LogP contribution in [0.3, 0.4) is 0 Å². The summed E-state index contributed by atoms with van der Waals surface area (Å²) < 4.78 is 10.9. The minimum atomic E-state index is -0.798. The summed E-state index contributed by atoms with van der Waals surface area (Å²) in [6.45, 7) is 3.48. The van der Waals surface area contributed by atoms with Crippen LogP contribution in [0.5, 0.6) is 0 Å². The number of benzene rings is 2. The minimum absolute atomic E-state index is 0.139. The lowest BCUT2D eigenvalue weighted by atomic mass is 10.1. The molecule has 1 aromatic heterocycles. The molecule has 0 unspecified atom stereocenters. The third-order valence-corrected chi connectivity index (χ3v) is 6.04. The topological polar surface area (TPSA) is 102 Å². The molecule has 0 bridgehead atoms. The molecule has 0 radical (unpaired) electrons. The van der Waals surface area contributed by atoms with Gasteiger partial charge in [-0.05, 0) is 25.5 Å². The number of ether oxygens (including phenoxy) is 1. The molecular weight excluding hydrogens is 452 g/mol. The van der Waals surface area contributed by atoms with E-state index in [1.165, 1.54) is 0 Å². The van der Waals surface area contributed by atoms with E-state index in [1.807, 2.05) is 36.4 Å². The normalized spacial score (nSPS) is 11.7. The molecule has 0 spiro atoms. The van der Waals surface area contributed by atoms with E-state index in [1.54, 1.807) is 37.7 Å². The Bertz CT molecular complexity index is 1080. The molecule has 3 rings (SSSR count). The van der Waals surface area contributed by atoms with Crippen LogP contribution < -0.4 is 5.32 Å². The Hall–Kier alpha value is -2.97. The fourth-order valence-electron chi connectivity index (χ4n) is 2.98. The molecule has 0 fully saturated rings. The molecule has 9 heteroatoms. The summed E-state index contributed by atoms with van der Waals surface area (Å²) in [5.74, 6) is 0.893. The lowest BCUT2D eigenvalue weighted by molar-refractivity contribution is -0.136. The van der Waals surface area contributed by atoms with Gasteiger partial charge in [0.15, 0.2) is 5.76 Å². The van der Waals surface area contributed by atoms with E-state index in [9.17, 15) is 9.59 Å². The largest absolute Gasteiger partial charge is 0.481 e. The van der Waals surface area contributed by atoms with Crippen LogP contribution in [0.4, 0.5) is 10.5 Å². The van der Waals surface area contributed by atoms with Crippen molar-refractivity contribution in [1.82, 2.24) is 5.16 Å². The van der Waals surface area contributed by atoms with Crippen molar-refractivity contribution in [1.29, 1.82) is 0 Å². The van der Waals surface area contributed by atoms with Crippen LogP contribution in [-0.2, 0) is 15.3 Å². The second kappa shape index (κ2) is 11.1. The Morgan fingerprint density at radius 3 is 2.62 bits per heavy atom. The van der Waals surface area contributed by atoms with E-state index in [2.05, 4.69) is 10.5 Å². The Morgan fingerprint density at radius 2 is 1.94 bits per heavy atom. The molecule has 3 aromatic rings. The molecule has 0 aliphatic carbocycles. The van der Waals surface area contributed by atoms with Crippen molar-refractivity contribution in [2.75, 3.05) is 11.1 Å². The zero-order chi connectivity index (χ0) is 23.1. The van der Waals surface area contributed by atoms with Gasteiger partial charge in [0.2, 0.25) is 0 Å². The Kier molecular flexibility index (Phi) is 8.19. The van der Waals surface area contributed by atoms with Crippen molar-refractivity contribution in [3.8, 4) is 11.3 Å². The van der Waals surface area contributed by atoms with Crippen LogP contribution >= 0.6 is 23.4 Å². The molecule has 32 heavy (non-hydrogen) atoms. The number of hydrogen-bond acceptors (Lipinski definition) is 6. The molecule has 0 saturated heterocycles. The van der Waals surface area contributed by atoms with Gasteiger partial charge in [-0.25, -0.2) is 4.79 Å². The number of anilines is 1. The second-order valence-corrected chi connectivity index (χ2v) is 8.57. The van der Waals surface area contributed by atoms with Crippen LogP contribution in [0.1, 0.15) is 36.3 Å². The monoisotopic (exact) mass is 474 g/mol. The van der Waals surface area contributed by atoms with Crippen LogP contribution in [0, 0.1) is 6.92 Å². The molecule has 7 nitrogen and oxygen atoms in total. The number of nitrogens with one attached hydrogen (secondary N) is 1. The number of carbonyl (C=O) groups excluding carboxylic acids is 1. The van der Waals surface area contributed by atoms with Crippen LogP contribution in [0.2, 0.25) is 5.02 Å². The van der Waals surface area contributed by atoms with E-state index in [0.29, 0.717) is 39.2 Å². The van der Waals surface area contributed by atoms with E-state index in [4.69, 9.17) is 26.0 Å². The van der Waals surface area contributed by atoms with Gasteiger partial charge in [-0.2, -0.15) is 11.8 Å². The first-order valence-corrected chi connectivity index (χ1v) is 11.5. The summed E-state index contributed by atoms with van der Waals surface area (Å²) in [6, 6.07) is 14.8. The van der Waals surface area contributed by atoms with Crippen molar-refractivity contribution in [3.05, 3.63) is 70.4 Å². The van der Waals surface area contributed by atoms with Crippen molar-refractivity contribution in [3.63, 3.8) is 0 Å². The average molecular weight is 475 g/mol. The number of halogens is 1. The number of carboxylic acid groups (broad SMARTS) is 1. The number of aromatic nitrogens is 1. The Morgan fingerprint density at radius 1 is 1.22 bits per heavy atom. The summed E-state index contributed by atoms with van der Waals surface area (Å²) >= 11 is 7.74. The molecule has 2 aromatic carbocycles. The van der Waals surface area contributed by atoms with Gasteiger partial charge in [0.25, 0.3) is 0 Å². The van der Waals surface area contributed by atoms with Crippen LogP contribution in [0.15, 0.2) is 53.1 Å². The molecule has 0 saturated carbocycles. The zero-order valence-electron chi connectivity index (χ0n) is 17.6. The SMILES string of the molecule is Cc1noc(-c2ccc(CSCCC(=O)O)cc2)c1NC(=O)O[C@H](C)c1ccccc1Cl. The Labute approximate surface area is 195 Å². The molecule has 0 aliphatic heterocycles. The van der Waals surface area contributed by atoms with Crippen LogP contribution in [-0.4, -0.2) is 28.1 Å². The van der Waals surface area contributed by atoms with Gasteiger partial charge < -0.3 is 14.4 Å². The van der Waals surface area contributed by atoms with E-state index in [-0.39, 0.29) is 6.42 Å². The average Bonchev–Trinajstić information content (AvgIpc) is 3.11. The van der Waals surface area contributed by atoms with Gasteiger partial charge in [-0.3, -0.25) is 10.1 Å². The summed E-state index contributed by atoms with van der Waals surface area (Å²) in [4.78, 5) is 23.1. The molecule has 168 valence electrons. The molecule has 1 heterocycles. The summed E-state index contributed by atoms with van der Waals surface area (Å²) in [5, 5.41) is 15.9. The quantitative estimate of drug-likeness (QED) is 0.350. The van der Waals surface area contributed by atoms with E-state index < -0.39 is 18.2 Å². The smallest absolute Gasteiger partial charge is 0.412 e. The van der Waals surface area contributed by atoms with Crippen molar-refractivity contribution >= 4 is 41.1 Å². The van der Waals surface area contributed by atoms with Crippen molar-refractivity contribution in [2.45, 2.75) is 32.1 Å². The number of rotatable bonds is 9. The first-order chi connectivity index (χ1) is 15.3. The molecule has 0 aliphatic rings. The first kappa shape index (κ1) is 23.7. The van der Waals surface area contributed by atoms with Gasteiger partial charge in [0.05, 0.1) is 6.42 Å². The number of aryl methyl sites for hydroxylation is 1. The maximum absolute atomic E-state index is 12.5. The third kappa shape index (κ3) is 6.27. The maximum atomic E-state index is 12.5.